The Kier molecular flexibility index (Phi) is 6.88. The van der Waals surface area contributed by atoms with Gasteiger partial charge in [0.05, 0.1) is 11.5 Å². The van der Waals surface area contributed by atoms with Gasteiger partial charge in [-0.2, -0.15) is 0 Å². The number of ether oxygens (including phenoxy) is 1. The monoisotopic (exact) mass is 376 g/mol. The van der Waals surface area contributed by atoms with Crippen LogP contribution in [0.3, 0.4) is 0 Å². The van der Waals surface area contributed by atoms with Gasteiger partial charge in [-0.3, -0.25) is 9.59 Å². The van der Waals surface area contributed by atoms with Gasteiger partial charge in [0.2, 0.25) is 15.9 Å². The van der Waals surface area contributed by atoms with Crippen LogP contribution in [0.15, 0.2) is 59.5 Å². The molecule has 0 heterocycles. The third-order valence-electron chi connectivity index (χ3n) is 3.37. The number of rotatable bonds is 8. The number of hydrogen-bond donors (Lipinski definition) is 2. The van der Waals surface area contributed by atoms with Crippen LogP contribution in [0, 0.1) is 0 Å². The molecule has 2 aromatic rings. The SMILES string of the molecule is CCOC(=O)CC(=O)Nc1ccc(S(=O)(=O)NCc2ccccc2)cc1. The Hall–Kier alpha value is -2.71. The molecule has 1 amide bonds. The van der Waals surface area contributed by atoms with E-state index in [4.69, 9.17) is 4.74 Å². The molecule has 0 fully saturated rings. The Bertz CT molecular complexity index is 849. The number of carbonyl (C=O) groups excluding carboxylic acids is 2. The first-order chi connectivity index (χ1) is 12.4. The van der Waals surface area contributed by atoms with Gasteiger partial charge in [-0.15, -0.1) is 0 Å². The molecule has 0 unspecified atom stereocenters. The molecule has 0 saturated carbocycles. The number of esters is 1. The molecule has 0 aliphatic rings. The van der Waals surface area contributed by atoms with Crippen LogP contribution in [0.4, 0.5) is 5.69 Å². The smallest absolute Gasteiger partial charge is 0.315 e. The largest absolute Gasteiger partial charge is 0.466 e. The molecule has 0 aliphatic heterocycles. The van der Waals surface area contributed by atoms with Crippen molar-refractivity contribution in [3.05, 3.63) is 60.2 Å². The minimum absolute atomic E-state index is 0.0804. The molecular formula is C18H20N2O5S. The van der Waals surface area contributed by atoms with E-state index in [2.05, 4.69) is 10.0 Å². The van der Waals surface area contributed by atoms with Gasteiger partial charge in [-0.1, -0.05) is 30.3 Å². The fourth-order valence-corrected chi connectivity index (χ4v) is 3.14. The van der Waals surface area contributed by atoms with E-state index in [0.717, 1.165) is 5.56 Å². The Balaban J connectivity index is 1.95. The predicted octanol–water partition coefficient (Wildman–Crippen LogP) is 2.06. The van der Waals surface area contributed by atoms with Crippen molar-refractivity contribution >= 4 is 27.6 Å². The summed E-state index contributed by atoms with van der Waals surface area (Å²) in [5, 5.41) is 2.51. The zero-order valence-corrected chi connectivity index (χ0v) is 15.1. The maximum atomic E-state index is 12.3. The minimum Gasteiger partial charge on any atom is -0.466 e. The molecule has 0 bridgehead atoms. The van der Waals surface area contributed by atoms with Gasteiger partial charge < -0.3 is 10.1 Å². The van der Waals surface area contributed by atoms with Crippen molar-refractivity contribution < 1.29 is 22.7 Å². The number of benzene rings is 2. The van der Waals surface area contributed by atoms with E-state index in [9.17, 15) is 18.0 Å². The number of anilines is 1. The Morgan fingerprint density at radius 2 is 1.65 bits per heavy atom. The van der Waals surface area contributed by atoms with E-state index in [0.29, 0.717) is 5.69 Å². The summed E-state index contributed by atoms with van der Waals surface area (Å²) in [6.45, 7) is 2.04. The lowest BCUT2D eigenvalue weighted by Gasteiger charge is -2.09. The quantitative estimate of drug-likeness (QED) is 0.542. The lowest BCUT2D eigenvalue weighted by Crippen LogP contribution is -2.23. The molecule has 2 N–H and O–H groups in total. The number of sulfonamides is 1. The maximum Gasteiger partial charge on any atom is 0.315 e. The van der Waals surface area contributed by atoms with Crippen molar-refractivity contribution in [2.75, 3.05) is 11.9 Å². The summed E-state index contributed by atoms with van der Waals surface area (Å²) in [7, 11) is -3.67. The molecule has 2 aromatic carbocycles. The second kappa shape index (κ2) is 9.12. The van der Waals surface area contributed by atoms with Gasteiger partial charge in [0, 0.05) is 12.2 Å². The van der Waals surface area contributed by atoms with Crippen LogP contribution in [0.2, 0.25) is 0 Å². The molecule has 0 atom stereocenters. The molecular weight excluding hydrogens is 356 g/mol. The van der Waals surface area contributed by atoms with E-state index in [1.165, 1.54) is 24.3 Å². The van der Waals surface area contributed by atoms with Gasteiger partial charge in [0.25, 0.3) is 0 Å². The zero-order chi connectivity index (χ0) is 19.0. The molecule has 8 heteroatoms. The predicted molar refractivity (Wildman–Crippen MR) is 96.8 cm³/mol. The summed E-state index contributed by atoms with van der Waals surface area (Å²) in [6.07, 6.45) is -0.396. The van der Waals surface area contributed by atoms with Crippen LogP contribution in [0.1, 0.15) is 18.9 Å². The minimum atomic E-state index is -3.67. The van der Waals surface area contributed by atoms with Crippen LogP contribution in [-0.4, -0.2) is 26.9 Å². The van der Waals surface area contributed by atoms with Crippen molar-refractivity contribution in [1.82, 2.24) is 4.72 Å². The first-order valence-electron chi connectivity index (χ1n) is 8.00. The number of hydrogen-bond acceptors (Lipinski definition) is 5. The third-order valence-corrected chi connectivity index (χ3v) is 4.78. The van der Waals surface area contributed by atoms with E-state index < -0.39 is 28.3 Å². The average Bonchev–Trinajstić information content (AvgIpc) is 2.61. The Labute approximate surface area is 152 Å². The summed E-state index contributed by atoms with van der Waals surface area (Å²) < 4.78 is 31.8. The summed E-state index contributed by atoms with van der Waals surface area (Å²) in [5.74, 6) is -1.14. The fourth-order valence-electron chi connectivity index (χ4n) is 2.12. The van der Waals surface area contributed by atoms with Crippen molar-refractivity contribution in [2.45, 2.75) is 24.8 Å². The molecule has 2 rings (SSSR count). The standard InChI is InChI=1S/C18H20N2O5S/c1-2-25-18(22)12-17(21)20-15-8-10-16(11-9-15)26(23,24)19-13-14-6-4-3-5-7-14/h3-11,19H,2,12-13H2,1H3,(H,20,21). The summed E-state index contributed by atoms with van der Waals surface area (Å²) in [4.78, 5) is 23.0. The highest BCUT2D eigenvalue weighted by Gasteiger charge is 2.14. The number of amides is 1. The lowest BCUT2D eigenvalue weighted by atomic mass is 10.2. The average molecular weight is 376 g/mol. The molecule has 0 radical (unpaired) electrons. The number of carbonyl (C=O) groups is 2. The van der Waals surface area contributed by atoms with Crippen LogP contribution in [0.5, 0.6) is 0 Å². The van der Waals surface area contributed by atoms with Gasteiger partial charge in [-0.25, -0.2) is 13.1 Å². The summed E-state index contributed by atoms with van der Waals surface area (Å²) >= 11 is 0. The highest BCUT2D eigenvalue weighted by Crippen LogP contribution is 2.15. The van der Waals surface area contributed by atoms with Crippen LogP contribution >= 0.6 is 0 Å². The molecule has 0 spiro atoms. The lowest BCUT2D eigenvalue weighted by molar-refractivity contribution is -0.145. The third kappa shape index (κ3) is 5.98. The second-order valence-electron chi connectivity index (χ2n) is 5.36. The fraction of sp³-hybridized carbons (Fsp3) is 0.222. The molecule has 0 saturated heterocycles. The first kappa shape index (κ1) is 19.6. The van der Waals surface area contributed by atoms with E-state index >= 15 is 0 Å². The Morgan fingerprint density at radius 3 is 2.27 bits per heavy atom. The van der Waals surface area contributed by atoms with Gasteiger partial charge >= 0.3 is 5.97 Å². The zero-order valence-electron chi connectivity index (χ0n) is 14.3. The second-order valence-corrected chi connectivity index (χ2v) is 7.13. The van der Waals surface area contributed by atoms with E-state index in [1.807, 2.05) is 30.3 Å². The highest BCUT2D eigenvalue weighted by atomic mass is 32.2. The van der Waals surface area contributed by atoms with E-state index in [1.54, 1.807) is 6.92 Å². The molecule has 138 valence electrons. The van der Waals surface area contributed by atoms with Crippen molar-refractivity contribution in [3.63, 3.8) is 0 Å². The van der Waals surface area contributed by atoms with Crippen molar-refractivity contribution in [3.8, 4) is 0 Å². The van der Waals surface area contributed by atoms with Crippen molar-refractivity contribution in [1.29, 1.82) is 0 Å². The summed E-state index contributed by atoms with van der Waals surface area (Å²) in [5.41, 5.74) is 1.24. The van der Waals surface area contributed by atoms with Crippen LogP contribution in [-0.2, 0) is 30.9 Å². The topological polar surface area (TPSA) is 102 Å². The van der Waals surface area contributed by atoms with Crippen molar-refractivity contribution in [2.24, 2.45) is 0 Å². The van der Waals surface area contributed by atoms with Crippen LogP contribution in [0.25, 0.3) is 0 Å². The maximum absolute atomic E-state index is 12.3. The van der Waals surface area contributed by atoms with Crippen LogP contribution < -0.4 is 10.0 Å². The molecule has 0 aromatic heterocycles. The number of nitrogens with one attached hydrogen (secondary N) is 2. The summed E-state index contributed by atoms with van der Waals surface area (Å²) in [6, 6.07) is 14.8. The highest BCUT2D eigenvalue weighted by molar-refractivity contribution is 7.89. The Morgan fingerprint density at radius 1 is 1.00 bits per heavy atom. The molecule has 26 heavy (non-hydrogen) atoms. The van der Waals surface area contributed by atoms with Gasteiger partial charge in [0.1, 0.15) is 6.42 Å². The molecule has 7 nitrogen and oxygen atoms in total. The van der Waals surface area contributed by atoms with Gasteiger partial charge in [0.15, 0.2) is 0 Å². The van der Waals surface area contributed by atoms with Gasteiger partial charge in [-0.05, 0) is 36.8 Å². The normalized spacial score (nSPS) is 11.0. The molecule has 0 aliphatic carbocycles. The van der Waals surface area contributed by atoms with E-state index in [-0.39, 0.29) is 18.0 Å². The first-order valence-corrected chi connectivity index (χ1v) is 9.48.